The van der Waals surface area contributed by atoms with Gasteiger partial charge in [-0.3, -0.25) is 4.79 Å². The first-order chi connectivity index (χ1) is 10.0. The first-order valence-electron chi connectivity index (χ1n) is 7.21. The molecule has 1 amide bonds. The third kappa shape index (κ3) is 3.82. The van der Waals surface area contributed by atoms with Gasteiger partial charge in [-0.2, -0.15) is 0 Å². The van der Waals surface area contributed by atoms with E-state index in [1.807, 2.05) is 0 Å². The lowest BCUT2D eigenvalue weighted by molar-refractivity contribution is 0.0585. The molecule has 1 aliphatic carbocycles. The van der Waals surface area contributed by atoms with E-state index in [9.17, 15) is 9.90 Å². The number of anilines is 1. The van der Waals surface area contributed by atoms with E-state index >= 15 is 0 Å². The Morgan fingerprint density at radius 3 is 2.57 bits per heavy atom. The second kappa shape index (κ2) is 7.34. The second-order valence-electron chi connectivity index (χ2n) is 5.38. The predicted molar refractivity (Wildman–Crippen MR) is 85.9 cm³/mol. The molecule has 116 valence electrons. The van der Waals surface area contributed by atoms with E-state index in [2.05, 4.69) is 0 Å². The third-order valence-corrected chi connectivity index (χ3v) is 4.70. The molecule has 1 aliphatic rings. The molecule has 21 heavy (non-hydrogen) atoms. The van der Waals surface area contributed by atoms with Crippen LogP contribution in [0.15, 0.2) is 12.1 Å². The molecule has 1 aromatic carbocycles. The normalized spacial score (nSPS) is 16.0. The Hall–Kier alpha value is -0.970. The van der Waals surface area contributed by atoms with Crippen molar-refractivity contribution in [1.29, 1.82) is 0 Å². The zero-order valence-electron chi connectivity index (χ0n) is 11.8. The summed E-state index contributed by atoms with van der Waals surface area (Å²) in [5.41, 5.74) is 6.46. The lowest BCUT2D eigenvalue weighted by atomic mass is 9.93. The highest BCUT2D eigenvalue weighted by molar-refractivity contribution is 6.44. The molecule has 0 saturated heterocycles. The highest BCUT2D eigenvalue weighted by atomic mass is 35.5. The van der Waals surface area contributed by atoms with Gasteiger partial charge in [0, 0.05) is 18.3 Å². The molecule has 0 spiro atoms. The van der Waals surface area contributed by atoms with Crippen LogP contribution in [-0.4, -0.2) is 35.1 Å². The maximum atomic E-state index is 12.8. The summed E-state index contributed by atoms with van der Waals surface area (Å²) in [5.74, 6) is -0.213. The van der Waals surface area contributed by atoms with E-state index in [0.29, 0.717) is 17.8 Å². The number of carbonyl (C=O) groups is 1. The Morgan fingerprint density at radius 2 is 1.95 bits per heavy atom. The number of hydrogen-bond donors (Lipinski definition) is 2. The van der Waals surface area contributed by atoms with Crippen LogP contribution < -0.4 is 5.73 Å². The number of aliphatic hydroxyl groups excluding tert-OH is 1. The summed E-state index contributed by atoms with van der Waals surface area (Å²) in [4.78, 5) is 14.5. The molecule has 0 heterocycles. The predicted octanol–water partition coefficient (Wildman–Crippen LogP) is 3.34. The second-order valence-corrected chi connectivity index (χ2v) is 6.16. The molecule has 6 heteroatoms. The van der Waals surface area contributed by atoms with Crippen LogP contribution in [0.3, 0.4) is 0 Å². The largest absolute Gasteiger partial charge is 0.399 e. The molecule has 4 nitrogen and oxygen atoms in total. The van der Waals surface area contributed by atoms with E-state index in [1.54, 1.807) is 11.0 Å². The minimum Gasteiger partial charge on any atom is -0.399 e. The molecule has 2 rings (SSSR count). The topological polar surface area (TPSA) is 66.6 Å². The Labute approximate surface area is 134 Å². The van der Waals surface area contributed by atoms with Gasteiger partial charge in [0.1, 0.15) is 0 Å². The minimum atomic E-state index is -0.213. The zero-order chi connectivity index (χ0) is 15.4. The Morgan fingerprint density at radius 1 is 1.29 bits per heavy atom. The zero-order valence-corrected chi connectivity index (χ0v) is 13.3. The van der Waals surface area contributed by atoms with E-state index in [1.165, 1.54) is 12.5 Å². The van der Waals surface area contributed by atoms with Gasteiger partial charge in [-0.1, -0.05) is 42.5 Å². The smallest absolute Gasteiger partial charge is 0.255 e. The molecule has 3 N–H and O–H groups in total. The van der Waals surface area contributed by atoms with Crippen LogP contribution in [0.1, 0.15) is 42.5 Å². The van der Waals surface area contributed by atoms with Crippen molar-refractivity contribution in [3.8, 4) is 0 Å². The molecule has 0 aliphatic heterocycles. The summed E-state index contributed by atoms with van der Waals surface area (Å²) in [5, 5.41) is 9.75. The Kier molecular flexibility index (Phi) is 5.73. The molecule has 0 aromatic heterocycles. The van der Waals surface area contributed by atoms with Gasteiger partial charge in [0.2, 0.25) is 0 Å². The fraction of sp³-hybridized carbons (Fsp3) is 0.533. The molecule has 1 saturated carbocycles. The van der Waals surface area contributed by atoms with E-state index in [0.717, 1.165) is 25.7 Å². The fourth-order valence-corrected chi connectivity index (χ4v) is 3.29. The van der Waals surface area contributed by atoms with E-state index in [-0.39, 0.29) is 28.6 Å². The highest BCUT2D eigenvalue weighted by Gasteiger charge is 2.27. The average Bonchev–Trinajstić information content (AvgIpc) is 2.48. The maximum Gasteiger partial charge on any atom is 0.255 e. The van der Waals surface area contributed by atoms with Crippen molar-refractivity contribution in [2.24, 2.45) is 0 Å². The monoisotopic (exact) mass is 330 g/mol. The summed E-state index contributed by atoms with van der Waals surface area (Å²) >= 11 is 12.1. The van der Waals surface area contributed by atoms with E-state index < -0.39 is 0 Å². The van der Waals surface area contributed by atoms with Crippen LogP contribution >= 0.6 is 23.2 Å². The Balaban J connectivity index is 2.29. The highest BCUT2D eigenvalue weighted by Crippen LogP contribution is 2.31. The summed E-state index contributed by atoms with van der Waals surface area (Å²) in [6.07, 6.45) is 5.32. The van der Waals surface area contributed by atoms with Crippen LogP contribution in [0.25, 0.3) is 0 Å². The van der Waals surface area contributed by atoms with Crippen LogP contribution in [0.5, 0.6) is 0 Å². The molecule has 0 bridgehead atoms. The van der Waals surface area contributed by atoms with Crippen molar-refractivity contribution in [1.82, 2.24) is 4.90 Å². The summed E-state index contributed by atoms with van der Waals surface area (Å²) < 4.78 is 0. The number of carbonyl (C=O) groups excluding carboxylic acids is 1. The molecule has 0 atom stereocenters. The molecule has 1 aromatic rings. The fourth-order valence-electron chi connectivity index (χ4n) is 2.87. The third-order valence-electron chi connectivity index (χ3n) is 3.90. The van der Waals surface area contributed by atoms with Crippen molar-refractivity contribution < 1.29 is 9.90 Å². The van der Waals surface area contributed by atoms with Gasteiger partial charge >= 0.3 is 0 Å². The molecule has 0 unspecified atom stereocenters. The Bertz CT molecular complexity index is 517. The van der Waals surface area contributed by atoms with Crippen molar-refractivity contribution in [2.75, 3.05) is 18.9 Å². The van der Waals surface area contributed by atoms with Crippen LogP contribution in [0.2, 0.25) is 10.0 Å². The molecule has 1 fully saturated rings. The van der Waals surface area contributed by atoms with Gasteiger partial charge in [-0.25, -0.2) is 0 Å². The number of benzene rings is 1. The van der Waals surface area contributed by atoms with Gasteiger partial charge in [-0.05, 0) is 25.0 Å². The first kappa shape index (κ1) is 16.4. The number of hydrogen-bond acceptors (Lipinski definition) is 3. The van der Waals surface area contributed by atoms with Gasteiger partial charge in [0.25, 0.3) is 5.91 Å². The summed E-state index contributed by atoms with van der Waals surface area (Å²) in [6.45, 7) is 0.224. The number of rotatable bonds is 4. The van der Waals surface area contributed by atoms with Gasteiger partial charge < -0.3 is 15.7 Å². The van der Waals surface area contributed by atoms with Crippen molar-refractivity contribution in [3.63, 3.8) is 0 Å². The molecule has 0 radical (unpaired) electrons. The van der Waals surface area contributed by atoms with Gasteiger partial charge in [0.05, 0.1) is 22.2 Å². The lowest BCUT2D eigenvalue weighted by Crippen LogP contribution is -2.43. The quantitative estimate of drug-likeness (QED) is 0.832. The molecular formula is C15H20Cl2N2O2. The summed E-state index contributed by atoms with van der Waals surface area (Å²) in [6, 6.07) is 3.22. The van der Waals surface area contributed by atoms with Crippen molar-refractivity contribution in [3.05, 3.63) is 27.7 Å². The minimum absolute atomic E-state index is 0.0735. The standard InChI is InChI=1S/C15H20Cl2N2O2/c16-13-9-10(18)8-12(14(13)17)15(21)19(6-7-20)11-4-2-1-3-5-11/h8-9,11,20H,1-7,18H2. The van der Waals surface area contributed by atoms with E-state index in [4.69, 9.17) is 28.9 Å². The SMILES string of the molecule is Nc1cc(Cl)c(Cl)c(C(=O)N(CCO)C2CCCCC2)c1. The van der Waals surface area contributed by atoms with Gasteiger partial charge in [-0.15, -0.1) is 0 Å². The first-order valence-corrected chi connectivity index (χ1v) is 7.96. The maximum absolute atomic E-state index is 12.8. The summed E-state index contributed by atoms with van der Waals surface area (Å²) in [7, 11) is 0. The van der Waals surface area contributed by atoms with Crippen LogP contribution in [0.4, 0.5) is 5.69 Å². The number of nitrogens with zero attached hydrogens (tertiary/aromatic N) is 1. The van der Waals surface area contributed by atoms with Gasteiger partial charge in [0.15, 0.2) is 0 Å². The van der Waals surface area contributed by atoms with Crippen LogP contribution in [-0.2, 0) is 0 Å². The van der Waals surface area contributed by atoms with Crippen LogP contribution in [0, 0.1) is 0 Å². The molecular weight excluding hydrogens is 311 g/mol. The average molecular weight is 331 g/mol. The number of halogens is 2. The number of amides is 1. The van der Waals surface area contributed by atoms with Crippen molar-refractivity contribution >= 4 is 34.8 Å². The number of nitrogen functional groups attached to an aromatic ring is 1. The number of aliphatic hydroxyl groups is 1. The van der Waals surface area contributed by atoms with Crippen molar-refractivity contribution in [2.45, 2.75) is 38.1 Å². The lowest BCUT2D eigenvalue weighted by Gasteiger charge is -2.34. The number of nitrogens with two attached hydrogens (primary N) is 1.